The van der Waals surface area contributed by atoms with Gasteiger partial charge in [0, 0.05) is 6.61 Å². The van der Waals surface area contributed by atoms with Gasteiger partial charge in [0.1, 0.15) is 0 Å². The highest BCUT2D eigenvalue weighted by Crippen LogP contribution is 2.10. The third kappa shape index (κ3) is 5.13. The van der Waals surface area contributed by atoms with Gasteiger partial charge in [-0.2, -0.15) is 0 Å². The lowest BCUT2D eigenvalue weighted by atomic mass is 10.0. The molecule has 0 aliphatic heterocycles. The molecule has 0 radical (unpaired) electrons. The van der Waals surface area contributed by atoms with Crippen LogP contribution in [0.2, 0.25) is 0 Å². The van der Waals surface area contributed by atoms with E-state index in [1.807, 2.05) is 6.92 Å². The Labute approximate surface area is 73.7 Å². The Hall–Kier alpha value is -0.570. The topological polar surface area (TPSA) is 46.5 Å². The molecule has 3 heteroatoms. The van der Waals surface area contributed by atoms with E-state index in [1.54, 1.807) is 6.92 Å². The molecule has 0 aliphatic carbocycles. The molecule has 3 nitrogen and oxygen atoms in total. The van der Waals surface area contributed by atoms with Crippen LogP contribution in [0.4, 0.5) is 0 Å². The summed E-state index contributed by atoms with van der Waals surface area (Å²) in [6.07, 6.45) is 2.22. The summed E-state index contributed by atoms with van der Waals surface area (Å²) < 4.78 is 4.77. The average molecular weight is 174 g/mol. The maximum absolute atomic E-state index is 11.0. The number of rotatable bonds is 6. The summed E-state index contributed by atoms with van der Waals surface area (Å²) in [6.45, 7) is 4.31. The van der Waals surface area contributed by atoms with Gasteiger partial charge in [-0.3, -0.25) is 4.79 Å². The normalized spacial score (nSPS) is 12.6. The zero-order valence-electron chi connectivity index (χ0n) is 7.88. The Bertz CT molecular complexity index is 123. The van der Waals surface area contributed by atoms with Crippen LogP contribution in [-0.4, -0.2) is 24.3 Å². The first-order valence-corrected chi connectivity index (χ1v) is 4.51. The minimum absolute atomic E-state index is 0.0760. The van der Waals surface area contributed by atoms with E-state index >= 15 is 0 Å². The maximum atomic E-state index is 11.0. The Morgan fingerprint density at radius 3 is 2.58 bits per heavy atom. The van der Waals surface area contributed by atoms with Crippen LogP contribution in [0, 0.1) is 5.92 Å². The molecule has 0 saturated heterocycles. The van der Waals surface area contributed by atoms with E-state index in [0.29, 0.717) is 13.0 Å². The van der Waals surface area contributed by atoms with E-state index in [9.17, 15) is 4.79 Å². The second-order valence-electron chi connectivity index (χ2n) is 2.85. The molecule has 0 aliphatic rings. The highest BCUT2D eigenvalue weighted by molar-refractivity contribution is 5.69. The van der Waals surface area contributed by atoms with Gasteiger partial charge in [-0.25, -0.2) is 0 Å². The second-order valence-corrected chi connectivity index (χ2v) is 2.85. The molecule has 0 fully saturated rings. The van der Waals surface area contributed by atoms with Crippen molar-refractivity contribution in [2.75, 3.05) is 13.2 Å². The lowest BCUT2D eigenvalue weighted by molar-refractivity contribution is -0.144. The summed E-state index contributed by atoms with van der Waals surface area (Å²) in [5.41, 5.74) is 0. The van der Waals surface area contributed by atoms with Gasteiger partial charge < -0.3 is 9.84 Å². The van der Waals surface area contributed by atoms with Crippen LogP contribution in [0.5, 0.6) is 0 Å². The van der Waals surface area contributed by atoms with Crippen molar-refractivity contribution in [2.45, 2.75) is 33.1 Å². The molecular weight excluding hydrogens is 156 g/mol. The van der Waals surface area contributed by atoms with Gasteiger partial charge >= 0.3 is 5.97 Å². The second kappa shape index (κ2) is 7.10. The zero-order valence-corrected chi connectivity index (χ0v) is 7.88. The van der Waals surface area contributed by atoms with Crippen molar-refractivity contribution in [2.24, 2.45) is 5.92 Å². The molecule has 0 spiro atoms. The van der Waals surface area contributed by atoms with Gasteiger partial charge in [0.15, 0.2) is 0 Å². The van der Waals surface area contributed by atoms with E-state index in [4.69, 9.17) is 9.84 Å². The molecule has 0 heterocycles. The lowest BCUT2D eigenvalue weighted by Crippen LogP contribution is -2.14. The Morgan fingerprint density at radius 2 is 2.17 bits per heavy atom. The number of hydrogen-bond acceptors (Lipinski definition) is 3. The molecule has 12 heavy (non-hydrogen) atoms. The smallest absolute Gasteiger partial charge is 0.306 e. The standard InChI is InChI=1S/C9H18O3/c1-3-5-8(7-10)6-9(11)12-4-2/h8,10H,3-7H2,1-2H3/t8-/m0/s1. The summed E-state index contributed by atoms with van der Waals surface area (Å²) in [4.78, 5) is 11.0. The van der Waals surface area contributed by atoms with E-state index in [-0.39, 0.29) is 18.5 Å². The molecule has 72 valence electrons. The van der Waals surface area contributed by atoms with Crippen molar-refractivity contribution >= 4 is 5.97 Å². The van der Waals surface area contributed by atoms with Gasteiger partial charge in [0.2, 0.25) is 0 Å². The largest absolute Gasteiger partial charge is 0.466 e. The summed E-state index contributed by atoms with van der Waals surface area (Å²) in [5, 5.41) is 8.87. The molecule has 0 amide bonds. The Balaban J connectivity index is 3.61. The van der Waals surface area contributed by atoms with Crippen LogP contribution in [0.1, 0.15) is 33.1 Å². The Morgan fingerprint density at radius 1 is 1.50 bits per heavy atom. The van der Waals surface area contributed by atoms with Gasteiger partial charge in [0.25, 0.3) is 0 Å². The van der Waals surface area contributed by atoms with E-state index in [1.165, 1.54) is 0 Å². The molecule has 0 aromatic rings. The van der Waals surface area contributed by atoms with Crippen LogP contribution < -0.4 is 0 Å². The highest BCUT2D eigenvalue weighted by atomic mass is 16.5. The fourth-order valence-corrected chi connectivity index (χ4v) is 1.12. The number of aliphatic hydroxyl groups excluding tert-OH is 1. The third-order valence-corrected chi connectivity index (χ3v) is 1.72. The van der Waals surface area contributed by atoms with Gasteiger partial charge in [-0.05, 0) is 19.3 Å². The fourth-order valence-electron chi connectivity index (χ4n) is 1.12. The highest BCUT2D eigenvalue weighted by Gasteiger charge is 2.12. The minimum Gasteiger partial charge on any atom is -0.466 e. The van der Waals surface area contributed by atoms with Crippen LogP contribution >= 0.6 is 0 Å². The van der Waals surface area contributed by atoms with Crippen molar-refractivity contribution in [3.63, 3.8) is 0 Å². The van der Waals surface area contributed by atoms with E-state index < -0.39 is 0 Å². The molecule has 0 bridgehead atoms. The van der Waals surface area contributed by atoms with Crippen molar-refractivity contribution < 1.29 is 14.6 Å². The molecule has 0 rings (SSSR count). The minimum atomic E-state index is -0.204. The van der Waals surface area contributed by atoms with Crippen molar-refractivity contribution in [1.29, 1.82) is 0 Å². The predicted octanol–water partition coefficient (Wildman–Crippen LogP) is 1.35. The predicted molar refractivity (Wildman–Crippen MR) is 46.7 cm³/mol. The summed E-state index contributed by atoms with van der Waals surface area (Å²) in [7, 11) is 0. The van der Waals surface area contributed by atoms with Gasteiger partial charge in [-0.1, -0.05) is 13.3 Å². The van der Waals surface area contributed by atoms with Crippen molar-refractivity contribution in [3.05, 3.63) is 0 Å². The third-order valence-electron chi connectivity index (χ3n) is 1.72. The van der Waals surface area contributed by atoms with Crippen LogP contribution in [-0.2, 0) is 9.53 Å². The van der Waals surface area contributed by atoms with Crippen molar-refractivity contribution in [1.82, 2.24) is 0 Å². The quantitative estimate of drug-likeness (QED) is 0.618. The van der Waals surface area contributed by atoms with Gasteiger partial charge in [0.05, 0.1) is 13.0 Å². The van der Waals surface area contributed by atoms with E-state index in [0.717, 1.165) is 12.8 Å². The molecule has 1 atom stereocenters. The Kier molecular flexibility index (Phi) is 6.76. The SMILES string of the molecule is CCC[C@H](CO)CC(=O)OCC. The number of carbonyl (C=O) groups is 1. The summed E-state index contributed by atoms with van der Waals surface area (Å²) >= 11 is 0. The number of carbonyl (C=O) groups excluding carboxylic acids is 1. The van der Waals surface area contributed by atoms with Crippen LogP contribution in [0.25, 0.3) is 0 Å². The fraction of sp³-hybridized carbons (Fsp3) is 0.889. The van der Waals surface area contributed by atoms with Crippen LogP contribution in [0.15, 0.2) is 0 Å². The molecule has 0 aromatic heterocycles. The number of ether oxygens (including phenoxy) is 1. The average Bonchev–Trinajstić information content (AvgIpc) is 2.04. The number of esters is 1. The zero-order chi connectivity index (χ0) is 9.40. The number of hydrogen-bond donors (Lipinski definition) is 1. The number of aliphatic hydroxyl groups is 1. The van der Waals surface area contributed by atoms with Crippen molar-refractivity contribution in [3.8, 4) is 0 Å². The first-order valence-electron chi connectivity index (χ1n) is 4.51. The van der Waals surface area contributed by atoms with Gasteiger partial charge in [-0.15, -0.1) is 0 Å². The first kappa shape index (κ1) is 11.4. The van der Waals surface area contributed by atoms with Crippen LogP contribution in [0.3, 0.4) is 0 Å². The monoisotopic (exact) mass is 174 g/mol. The van der Waals surface area contributed by atoms with E-state index in [2.05, 4.69) is 0 Å². The lowest BCUT2D eigenvalue weighted by Gasteiger charge is -2.11. The molecule has 0 unspecified atom stereocenters. The molecule has 0 saturated carbocycles. The molecular formula is C9H18O3. The maximum Gasteiger partial charge on any atom is 0.306 e. The summed E-state index contributed by atoms with van der Waals surface area (Å²) in [5.74, 6) is -0.126. The summed E-state index contributed by atoms with van der Waals surface area (Å²) in [6, 6.07) is 0. The first-order chi connectivity index (χ1) is 5.74. The molecule has 1 N–H and O–H groups in total. The molecule has 0 aromatic carbocycles.